The molecule has 2 aromatic rings. The number of rotatable bonds is 2. The fourth-order valence-electron chi connectivity index (χ4n) is 2.56. The van der Waals surface area contributed by atoms with Crippen molar-refractivity contribution in [2.24, 2.45) is 0 Å². The van der Waals surface area contributed by atoms with E-state index in [2.05, 4.69) is 0 Å². The normalized spacial score (nSPS) is 18.9. The quantitative estimate of drug-likeness (QED) is 0.852. The van der Waals surface area contributed by atoms with Gasteiger partial charge in [-0.1, -0.05) is 6.07 Å². The minimum Gasteiger partial charge on any atom is -0.263 e. The van der Waals surface area contributed by atoms with E-state index >= 15 is 0 Å². The summed E-state index contributed by atoms with van der Waals surface area (Å²) in [4.78, 5) is 0. The molecule has 1 aromatic heterocycles. The lowest BCUT2D eigenvalue weighted by Crippen LogP contribution is -2.41. The molecule has 0 radical (unpaired) electrons. The summed E-state index contributed by atoms with van der Waals surface area (Å²) in [7, 11) is -3.56. The highest BCUT2D eigenvalue weighted by atomic mass is 32.2. The predicted molar refractivity (Wildman–Crippen MR) is 78.2 cm³/mol. The van der Waals surface area contributed by atoms with E-state index < -0.39 is 10.0 Å². The molecular weight excluding hydrogens is 297 g/mol. The van der Waals surface area contributed by atoms with Crippen molar-refractivity contribution in [3.8, 4) is 0 Å². The van der Waals surface area contributed by atoms with Gasteiger partial charge in [-0.15, -0.1) is 11.3 Å². The van der Waals surface area contributed by atoms with Crippen LogP contribution >= 0.6 is 11.3 Å². The molecular formula is C14H14FNO2S2. The third-order valence-electron chi connectivity index (χ3n) is 3.52. The number of sulfonamides is 1. The van der Waals surface area contributed by atoms with Gasteiger partial charge in [-0.2, -0.15) is 0 Å². The first-order valence-electron chi connectivity index (χ1n) is 6.36. The fraction of sp³-hybridized carbons (Fsp3) is 0.286. The smallest absolute Gasteiger partial charge is 0.263 e. The van der Waals surface area contributed by atoms with Gasteiger partial charge in [0.05, 0.1) is 5.69 Å². The Hall–Kier alpha value is -1.40. The second-order valence-corrected chi connectivity index (χ2v) is 7.88. The number of anilines is 1. The summed E-state index contributed by atoms with van der Waals surface area (Å²) < 4.78 is 40.6. The molecule has 0 aliphatic carbocycles. The first-order chi connectivity index (χ1) is 9.50. The van der Waals surface area contributed by atoms with Gasteiger partial charge in [0.15, 0.2) is 0 Å². The Bertz CT molecular complexity index is 726. The third kappa shape index (κ3) is 2.13. The number of nitrogens with zero attached hydrogens (tertiary/aromatic N) is 1. The zero-order valence-electron chi connectivity index (χ0n) is 10.9. The van der Waals surface area contributed by atoms with E-state index in [-0.39, 0.29) is 11.9 Å². The lowest BCUT2D eigenvalue weighted by atomic mass is 9.99. The standard InChI is InChI=1S/C14H14FNO2S2/c1-10-4-5-11-9-12(15)6-7-13(11)16(10)20(17,18)14-3-2-8-19-14/h2-3,6-10H,4-5H2,1H3/t10-/m0/s1. The number of hydrogen-bond acceptors (Lipinski definition) is 3. The minimum atomic E-state index is -3.56. The SMILES string of the molecule is C[C@H]1CCc2cc(F)ccc2N1S(=O)(=O)c1cccs1. The van der Waals surface area contributed by atoms with E-state index in [4.69, 9.17) is 0 Å². The van der Waals surface area contributed by atoms with Gasteiger partial charge in [0.25, 0.3) is 10.0 Å². The number of halogens is 1. The van der Waals surface area contributed by atoms with E-state index in [1.807, 2.05) is 6.92 Å². The summed E-state index contributed by atoms with van der Waals surface area (Å²) in [6, 6.07) is 7.50. The topological polar surface area (TPSA) is 37.4 Å². The third-order valence-corrected chi connectivity index (χ3v) is 6.82. The zero-order chi connectivity index (χ0) is 14.3. The van der Waals surface area contributed by atoms with Gasteiger partial charge in [-0.3, -0.25) is 4.31 Å². The number of hydrogen-bond donors (Lipinski definition) is 0. The summed E-state index contributed by atoms with van der Waals surface area (Å²) in [5.41, 5.74) is 1.35. The highest BCUT2D eigenvalue weighted by Gasteiger charge is 2.34. The summed E-state index contributed by atoms with van der Waals surface area (Å²) in [5, 5.41) is 1.74. The molecule has 106 valence electrons. The maximum Gasteiger partial charge on any atom is 0.274 e. The van der Waals surface area contributed by atoms with Crippen molar-refractivity contribution in [2.75, 3.05) is 4.31 Å². The monoisotopic (exact) mass is 311 g/mol. The Kier molecular flexibility index (Phi) is 3.30. The molecule has 0 unspecified atom stereocenters. The molecule has 0 saturated carbocycles. The van der Waals surface area contributed by atoms with Crippen LogP contribution in [-0.2, 0) is 16.4 Å². The molecule has 1 atom stereocenters. The van der Waals surface area contributed by atoms with Gasteiger partial charge in [0.2, 0.25) is 0 Å². The molecule has 0 spiro atoms. The molecule has 3 nitrogen and oxygen atoms in total. The molecule has 0 N–H and O–H groups in total. The van der Waals surface area contributed by atoms with E-state index in [0.29, 0.717) is 22.7 Å². The van der Waals surface area contributed by atoms with Crippen molar-refractivity contribution in [1.29, 1.82) is 0 Å². The highest BCUT2D eigenvalue weighted by molar-refractivity contribution is 7.94. The lowest BCUT2D eigenvalue weighted by Gasteiger charge is -2.35. The minimum absolute atomic E-state index is 0.125. The maximum atomic E-state index is 13.3. The van der Waals surface area contributed by atoms with Crippen LogP contribution in [0.25, 0.3) is 0 Å². The Labute approximate surface area is 121 Å². The van der Waals surface area contributed by atoms with Crippen LogP contribution in [-0.4, -0.2) is 14.5 Å². The molecule has 3 rings (SSSR count). The summed E-state index contributed by atoms with van der Waals surface area (Å²) >= 11 is 1.20. The van der Waals surface area contributed by atoms with Crippen LogP contribution in [0.4, 0.5) is 10.1 Å². The number of thiophene rings is 1. The van der Waals surface area contributed by atoms with Crippen molar-refractivity contribution < 1.29 is 12.8 Å². The Morgan fingerprint density at radius 3 is 2.85 bits per heavy atom. The average Bonchev–Trinajstić information content (AvgIpc) is 2.93. The summed E-state index contributed by atoms with van der Waals surface area (Å²) in [5.74, 6) is -0.327. The molecule has 2 heterocycles. The second kappa shape index (κ2) is 4.86. The number of benzene rings is 1. The van der Waals surface area contributed by atoms with Gasteiger partial charge in [0.1, 0.15) is 10.0 Å². The van der Waals surface area contributed by atoms with Crippen LogP contribution in [0.15, 0.2) is 39.9 Å². The highest BCUT2D eigenvalue weighted by Crippen LogP contribution is 2.36. The van der Waals surface area contributed by atoms with E-state index in [9.17, 15) is 12.8 Å². The Morgan fingerprint density at radius 1 is 1.35 bits per heavy atom. The molecule has 0 fully saturated rings. The second-order valence-electron chi connectivity index (χ2n) is 4.89. The number of aryl methyl sites for hydroxylation is 1. The molecule has 20 heavy (non-hydrogen) atoms. The molecule has 0 amide bonds. The van der Waals surface area contributed by atoms with Crippen molar-refractivity contribution in [1.82, 2.24) is 0 Å². The molecule has 1 aromatic carbocycles. The van der Waals surface area contributed by atoms with Gasteiger partial charge in [0, 0.05) is 6.04 Å². The molecule has 6 heteroatoms. The van der Waals surface area contributed by atoms with E-state index in [0.717, 1.165) is 5.56 Å². The molecule has 1 aliphatic rings. The van der Waals surface area contributed by atoms with Gasteiger partial charge in [-0.05, 0) is 55.0 Å². The van der Waals surface area contributed by atoms with Crippen LogP contribution in [0.2, 0.25) is 0 Å². The van der Waals surface area contributed by atoms with Gasteiger partial charge >= 0.3 is 0 Å². The number of fused-ring (bicyclic) bond motifs is 1. The zero-order valence-corrected chi connectivity index (χ0v) is 12.5. The summed E-state index contributed by atoms with van der Waals surface area (Å²) in [6.45, 7) is 1.89. The predicted octanol–water partition coefficient (Wildman–Crippen LogP) is 3.42. The molecule has 1 aliphatic heterocycles. The van der Waals surface area contributed by atoms with Gasteiger partial charge in [-0.25, -0.2) is 12.8 Å². The summed E-state index contributed by atoms with van der Waals surface area (Å²) in [6.07, 6.45) is 1.39. The molecule has 0 saturated heterocycles. The van der Waals surface area contributed by atoms with Crippen molar-refractivity contribution >= 4 is 27.0 Å². The Balaban J connectivity index is 2.15. The van der Waals surface area contributed by atoms with Crippen molar-refractivity contribution in [2.45, 2.75) is 30.0 Å². The van der Waals surface area contributed by atoms with Crippen LogP contribution in [0.1, 0.15) is 18.9 Å². The first kappa shape index (κ1) is 13.6. The van der Waals surface area contributed by atoms with Crippen molar-refractivity contribution in [3.05, 3.63) is 47.1 Å². The maximum absolute atomic E-state index is 13.3. The lowest BCUT2D eigenvalue weighted by molar-refractivity contribution is 0.561. The van der Waals surface area contributed by atoms with Crippen molar-refractivity contribution in [3.63, 3.8) is 0 Å². The Morgan fingerprint density at radius 2 is 2.15 bits per heavy atom. The molecule has 0 bridgehead atoms. The van der Waals surface area contributed by atoms with E-state index in [1.165, 1.54) is 27.8 Å². The van der Waals surface area contributed by atoms with Crippen LogP contribution in [0, 0.1) is 5.82 Å². The fourth-order valence-corrected chi connectivity index (χ4v) is 5.36. The van der Waals surface area contributed by atoms with Crippen LogP contribution in [0.3, 0.4) is 0 Å². The van der Waals surface area contributed by atoms with E-state index in [1.54, 1.807) is 23.6 Å². The van der Waals surface area contributed by atoms with Gasteiger partial charge < -0.3 is 0 Å². The average molecular weight is 311 g/mol. The first-order valence-corrected chi connectivity index (χ1v) is 8.68. The largest absolute Gasteiger partial charge is 0.274 e. The van der Waals surface area contributed by atoms with Crippen LogP contribution < -0.4 is 4.31 Å². The van der Waals surface area contributed by atoms with Crippen LogP contribution in [0.5, 0.6) is 0 Å².